The van der Waals surface area contributed by atoms with Crippen molar-refractivity contribution in [3.05, 3.63) is 16.6 Å². The Labute approximate surface area is 89.1 Å². The van der Waals surface area contributed by atoms with Gasteiger partial charge in [-0.15, -0.1) is 22.9 Å². The van der Waals surface area contributed by atoms with Crippen molar-refractivity contribution in [3.63, 3.8) is 0 Å². The van der Waals surface area contributed by atoms with E-state index in [-0.39, 0.29) is 5.41 Å². The van der Waals surface area contributed by atoms with Gasteiger partial charge in [0.15, 0.2) is 0 Å². The Morgan fingerprint density at radius 3 is 2.54 bits per heavy atom. The molecule has 0 N–H and O–H groups in total. The fourth-order valence-corrected chi connectivity index (χ4v) is 2.66. The second kappa shape index (κ2) is 4.97. The van der Waals surface area contributed by atoms with Crippen LogP contribution in [0.3, 0.4) is 0 Å². The van der Waals surface area contributed by atoms with Crippen LogP contribution in [0.15, 0.2) is 11.6 Å². The minimum absolute atomic E-state index is 0.263. The summed E-state index contributed by atoms with van der Waals surface area (Å²) < 4.78 is 0. The Balaban J connectivity index is 2.67. The lowest BCUT2D eigenvalue weighted by Crippen LogP contribution is -2.23. The van der Waals surface area contributed by atoms with E-state index in [0.717, 1.165) is 25.1 Å². The van der Waals surface area contributed by atoms with Crippen LogP contribution in [-0.4, -0.2) is 10.9 Å². The fraction of sp³-hybridized carbons (Fsp3) is 0.700. The van der Waals surface area contributed by atoms with Crippen LogP contribution in [0.1, 0.15) is 31.7 Å². The summed E-state index contributed by atoms with van der Waals surface area (Å²) in [5, 5.41) is 3.24. The van der Waals surface area contributed by atoms with Gasteiger partial charge in [-0.25, -0.2) is 4.98 Å². The molecule has 0 aromatic carbocycles. The highest BCUT2D eigenvalue weighted by molar-refractivity contribution is 7.09. The number of hydrogen-bond acceptors (Lipinski definition) is 2. The molecule has 0 spiro atoms. The zero-order valence-corrected chi connectivity index (χ0v) is 9.79. The summed E-state index contributed by atoms with van der Waals surface area (Å²) in [4.78, 5) is 4.30. The Morgan fingerprint density at radius 2 is 2.15 bits per heavy atom. The van der Waals surface area contributed by atoms with E-state index in [0.29, 0.717) is 0 Å². The van der Waals surface area contributed by atoms with E-state index in [9.17, 15) is 0 Å². The zero-order chi connectivity index (χ0) is 9.73. The molecule has 1 nitrogen and oxygen atoms in total. The van der Waals surface area contributed by atoms with Gasteiger partial charge in [0.1, 0.15) is 0 Å². The fourth-order valence-electron chi connectivity index (χ4n) is 1.40. The van der Waals surface area contributed by atoms with E-state index >= 15 is 0 Å². The molecule has 3 heteroatoms. The smallest absolute Gasteiger partial charge is 0.0930 e. The molecule has 0 radical (unpaired) electrons. The van der Waals surface area contributed by atoms with Crippen molar-refractivity contribution in [1.29, 1.82) is 0 Å². The molecule has 0 atom stereocenters. The van der Waals surface area contributed by atoms with Crippen molar-refractivity contribution >= 4 is 22.9 Å². The number of rotatable bonds is 5. The molecule has 0 aliphatic carbocycles. The zero-order valence-electron chi connectivity index (χ0n) is 8.22. The Bertz CT molecular complexity index is 221. The molecule has 0 aliphatic heterocycles. The van der Waals surface area contributed by atoms with Gasteiger partial charge in [-0.2, -0.15) is 0 Å². The third-order valence-corrected chi connectivity index (χ3v) is 4.14. The summed E-state index contributed by atoms with van der Waals surface area (Å²) in [5.41, 5.74) is 0.263. The van der Waals surface area contributed by atoms with Crippen LogP contribution < -0.4 is 0 Å². The van der Waals surface area contributed by atoms with Gasteiger partial charge in [-0.1, -0.05) is 13.8 Å². The molecule has 1 heterocycles. The first-order valence-electron chi connectivity index (χ1n) is 4.70. The number of nitrogens with zero attached hydrogens (tertiary/aromatic N) is 1. The molecular formula is C10H16ClNS. The monoisotopic (exact) mass is 217 g/mol. The standard InChI is InChI=1S/C10H16ClNS/c1-3-10(4-2,8-11)7-9-12-5-6-13-9/h5-6H,3-4,7-8H2,1-2H3. The van der Waals surface area contributed by atoms with Crippen LogP contribution in [-0.2, 0) is 6.42 Å². The first-order chi connectivity index (χ1) is 6.26. The molecule has 1 aromatic rings. The van der Waals surface area contributed by atoms with Gasteiger partial charge in [-0.05, 0) is 18.3 Å². The van der Waals surface area contributed by atoms with E-state index in [1.807, 2.05) is 11.6 Å². The Kier molecular flexibility index (Phi) is 4.20. The first kappa shape index (κ1) is 11.0. The molecule has 0 saturated carbocycles. The third kappa shape index (κ3) is 2.68. The highest BCUT2D eigenvalue weighted by Gasteiger charge is 2.26. The molecule has 0 saturated heterocycles. The van der Waals surface area contributed by atoms with E-state index in [4.69, 9.17) is 11.6 Å². The van der Waals surface area contributed by atoms with Crippen LogP contribution >= 0.6 is 22.9 Å². The summed E-state index contributed by atoms with van der Waals surface area (Å²) in [6, 6.07) is 0. The van der Waals surface area contributed by atoms with Crippen LogP contribution in [0.5, 0.6) is 0 Å². The second-order valence-electron chi connectivity index (χ2n) is 3.44. The minimum Gasteiger partial charge on any atom is -0.250 e. The van der Waals surface area contributed by atoms with Gasteiger partial charge >= 0.3 is 0 Å². The van der Waals surface area contributed by atoms with Crippen LogP contribution in [0.4, 0.5) is 0 Å². The van der Waals surface area contributed by atoms with Gasteiger partial charge < -0.3 is 0 Å². The average Bonchev–Trinajstić information content (AvgIpc) is 2.67. The second-order valence-corrected chi connectivity index (χ2v) is 4.69. The molecule has 0 bridgehead atoms. The Morgan fingerprint density at radius 1 is 1.46 bits per heavy atom. The van der Waals surface area contributed by atoms with Crippen LogP contribution in [0.2, 0.25) is 0 Å². The van der Waals surface area contributed by atoms with Gasteiger partial charge in [-0.3, -0.25) is 0 Å². The number of halogens is 1. The van der Waals surface area contributed by atoms with Gasteiger partial charge in [0.25, 0.3) is 0 Å². The van der Waals surface area contributed by atoms with Crippen molar-refractivity contribution in [2.24, 2.45) is 5.41 Å². The lowest BCUT2D eigenvalue weighted by Gasteiger charge is -2.27. The molecule has 0 aliphatic rings. The topological polar surface area (TPSA) is 12.9 Å². The molecule has 1 rings (SSSR count). The summed E-state index contributed by atoms with van der Waals surface area (Å²) in [6.45, 7) is 4.42. The SMILES string of the molecule is CCC(CC)(CCl)Cc1nccs1. The van der Waals surface area contributed by atoms with Gasteiger partial charge in [0, 0.05) is 23.9 Å². The quantitative estimate of drug-likeness (QED) is 0.685. The highest BCUT2D eigenvalue weighted by Crippen LogP contribution is 2.32. The number of hydrogen-bond donors (Lipinski definition) is 0. The maximum atomic E-state index is 6.02. The Hall–Kier alpha value is -0.0800. The van der Waals surface area contributed by atoms with Crippen molar-refractivity contribution in [1.82, 2.24) is 4.98 Å². The van der Waals surface area contributed by atoms with E-state index < -0.39 is 0 Å². The molecular weight excluding hydrogens is 202 g/mol. The minimum atomic E-state index is 0.263. The van der Waals surface area contributed by atoms with Crippen molar-refractivity contribution < 1.29 is 0 Å². The van der Waals surface area contributed by atoms with Gasteiger partial charge in [0.05, 0.1) is 5.01 Å². The lowest BCUT2D eigenvalue weighted by molar-refractivity contribution is 0.301. The van der Waals surface area contributed by atoms with E-state index in [1.54, 1.807) is 11.3 Å². The average molecular weight is 218 g/mol. The number of thiazole rings is 1. The molecule has 74 valence electrons. The van der Waals surface area contributed by atoms with Gasteiger partial charge in [0.2, 0.25) is 0 Å². The van der Waals surface area contributed by atoms with Crippen LogP contribution in [0, 0.1) is 5.41 Å². The van der Waals surface area contributed by atoms with Crippen molar-refractivity contribution in [2.75, 3.05) is 5.88 Å². The summed E-state index contributed by atoms with van der Waals surface area (Å²) in [5.74, 6) is 0.736. The number of aromatic nitrogens is 1. The molecule has 0 amide bonds. The van der Waals surface area contributed by atoms with Crippen LogP contribution in [0.25, 0.3) is 0 Å². The predicted octanol–water partition coefficient (Wildman–Crippen LogP) is 3.73. The molecule has 0 unspecified atom stereocenters. The maximum absolute atomic E-state index is 6.02. The molecule has 1 aromatic heterocycles. The molecule has 13 heavy (non-hydrogen) atoms. The summed E-state index contributed by atoms with van der Waals surface area (Å²) in [6.07, 6.45) is 5.16. The first-order valence-corrected chi connectivity index (χ1v) is 6.12. The normalized spacial score (nSPS) is 11.9. The van der Waals surface area contributed by atoms with Crippen molar-refractivity contribution in [3.8, 4) is 0 Å². The van der Waals surface area contributed by atoms with E-state index in [1.165, 1.54) is 5.01 Å². The summed E-state index contributed by atoms with van der Waals surface area (Å²) in [7, 11) is 0. The predicted molar refractivity (Wildman–Crippen MR) is 59.6 cm³/mol. The van der Waals surface area contributed by atoms with E-state index in [2.05, 4.69) is 18.8 Å². The third-order valence-electron chi connectivity index (χ3n) is 2.79. The highest BCUT2D eigenvalue weighted by atomic mass is 35.5. The molecule has 0 fully saturated rings. The maximum Gasteiger partial charge on any atom is 0.0930 e. The lowest BCUT2D eigenvalue weighted by atomic mass is 9.81. The van der Waals surface area contributed by atoms with Crippen molar-refractivity contribution in [2.45, 2.75) is 33.1 Å². The largest absolute Gasteiger partial charge is 0.250 e. The summed E-state index contributed by atoms with van der Waals surface area (Å²) >= 11 is 7.74. The number of alkyl halides is 1.